The second-order valence-corrected chi connectivity index (χ2v) is 8.06. The van der Waals surface area contributed by atoms with E-state index < -0.39 is 5.54 Å². The molecule has 6 heteroatoms. The second-order valence-electron chi connectivity index (χ2n) is 8.06. The minimum absolute atomic E-state index is 0.00631. The van der Waals surface area contributed by atoms with Crippen molar-refractivity contribution >= 4 is 11.8 Å². The highest BCUT2D eigenvalue weighted by molar-refractivity contribution is 5.80. The van der Waals surface area contributed by atoms with Crippen LogP contribution in [0, 0.1) is 17.2 Å². The Kier molecular flexibility index (Phi) is 7.05. The van der Waals surface area contributed by atoms with E-state index in [9.17, 15) is 14.9 Å². The minimum Gasteiger partial charge on any atom is -0.352 e. The van der Waals surface area contributed by atoms with E-state index in [0.29, 0.717) is 13.1 Å². The van der Waals surface area contributed by atoms with Crippen molar-refractivity contribution < 1.29 is 9.59 Å². The van der Waals surface area contributed by atoms with E-state index in [1.807, 2.05) is 30.3 Å². The van der Waals surface area contributed by atoms with Gasteiger partial charge in [-0.1, -0.05) is 49.6 Å². The Labute approximate surface area is 167 Å². The SMILES string of the molecule is N#CC1(NC(=O)CN2CCC(C(=O)NCc3ccccc3)CC2)CCCCC1. The quantitative estimate of drug-likeness (QED) is 0.791. The predicted molar refractivity (Wildman–Crippen MR) is 107 cm³/mol. The molecule has 1 aromatic carbocycles. The summed E-state index contributed by atoms with van der Waals surface area (Å²) in [6, 6.07) is 12.2. The van der Waals surface area contributed by atoms with Gasteiger partial charge >= 0.3 is 0 Å². The Bertz CT molecular complexity index is 699. The first kappa shape index (κ1) is 20.3. The molecule has 1 aliphatic heterocycles. The maximum atomic E-state index is 12.4. The highest BCUT2D eigenvalue weighted by Crippen LogP contribution is 2.27. The first-order valence-corrected chi connectivity index (χ1v) is 10.4. The molecule has 1 aliphatic carbocycles. The average Bonchev–Trinajstić information content (AvgIpc) is 2.74. The van der Waals surface area contributed by atoms with Crippen LogP contribution in [-0.4, -0.2) is 41.9 Å². The number of nitrogens with zero attached hydrogens (tertiary/aromatic N) is 2. The van der Waals surface area contributed by atoms with E-state index in [4.69, 9.17) is 0 Å². The predicted octanol–water partition coefficient (Wildman–Crippen LogP) is 2.36. The van der Waals surface area contributed by atoms with Gasteiger partial charge in [-0.05, 0) is 44.3 Å². The van der Waals surface area contributed by atoms with Gasteiger partial charge in [-0.2, -0.15) is 5.26 Å². The van der Waals surface area contributed by atoms with Crippen molar-refractivity contribution in [2.75, 3.05) is 19.6 Å². The van der Waals surface area contributed by atoms with E-state index in [1.165, 1.54) is 0 Å². The standard InChI is InChI=1S/C22H30N4O2/c23-17-22(11-5-2-6-12-22)25-20(27)16-26-13-9-19(10-14-26)21(28)24-15-18-7-3-1-4-8-18/h1,3-4,7-8,19H,2,5-6,9-16H2,(H,24,28)(H,25,27). The number of likely N-dealkylation sites (tertiary alicyclic amines) is 1. The fraction of sp³-hybridized carbons (Fsp3) is 0.591. The molecule has 2 amide bonds. The van der Waals surface area contributed by atoms with Crippen LogP contribution < -0.4 is 10.6 Å². The highest BCUT2D eigenvalue weighted by atomic mass is 16.2. The molecule has 1 saturated heterocycles. The summed E-state index contributed by atoms with van der Waals surface area (Å²) in [7, 11) is 0. The van der Waals surface area contributed by atoms with Gasteiger partial charge in [-0.25, -0.2) is 0 Å². The number of amides is 2. The molecule has 0 radical (unpaired) electrons. The summed E-state index contributed by atoms with van der Waals surface area (Å²) >= 11 is 0. The molecule has 0 spiro atoms. The molecule has 2 aliphatic rings. The lowest BCUT2D eigenvalue weighted by Crippen LogP contribution is -2.52. The molecule has 2 N–H and O–H groups in total. The Morgan fingerprint density at radius 1 is 1.11 bits per heavy atom. The minimum atomic E-state index is -0.676. The topological polar surface area (TPSA) is 85.2 Å². The lowest BCUT2D eigenvalue weighted by Gasteiger charge is -2.34. The number of nitrogens with one attached hydrogen (secondary N) is 2. The van der Waals surface area contributed by atoms with Crippen molar-refractivity contribution in [1.29, 1.82) is 5.26 Å². The maximum absolute atomic E-state index is 12.4. The fourth-order valence-corrected chi connectivity index (χ4v) is 4.21. The largest absolute Gasteiger partial charge is 0.352 e. The first-order chi connectivity index (χ1) is 13.6. The van der Waals surface area contributed by atoms with Crippen molar-refractivity contribution in [2.45, 2.75) is 57.0 Å². The third-order valence-electron chi connectivity index (χ3n) is 5.93. The molecular formula is C22H30N4O2. The average molecular weight is 383 g/mol. The highest BCUT2D eigenvalue weighted by Gasteiger charge is 2.34. The van der Waals surface area contributed by atoms with Gasteiger partial charge in [-0.3, -0.25) is 14.5 Å². The molecule has 1 saturated carbocycles. The molecule has 2 fully saturated rings. The molecule has 1 heterocycles. The molecular weight excluding hydrogens is 352 g/mol. The van der Waals surface area contributed by atoms with Crippen LogP contribution in [0.15, 0.2) is 30.3 Å². The van der Waals surface area contributed by atoms with Gasteiger partial charge in [0.2, 0.25) is 11.8 Å². The maximum Gasteiger partial charge on any atom is 0.235 e. The Morgan fingerprint density at radius 2 is 1.79 bits per heavy atom. The van der Waals surface area contributed by atoms with E-state index in [-0.39, 0.29) is 17.7 Å². The first-order valence-electron chi connectivity index (χ1n) is 10.4. The van der Waals surface area contributed by atoms with Crippen LogP contribution in [0.2, 0.25) is 0 Å². The number of carbonyl (C=O) groups is 2. The normalized spacial score (nSPS) is 20.1. The number of nitriles is 1. The van der Waals surface area contributed by atoms with Gasteiger partial charge in [0.1, 0.15) is 5.54 Å². The third-order valence-corrected chi connectivity index (χ3v) is 5.93. The summed E-state index contributed by atoms with van der Waals surface area (Å²) in [4.78, 5) is 26.9. The zero-order valence-electron chi connectivity index (χ0n) is 16.5. The summed E-state index contributed by atoms with van der Waals surface area (Å²) in [5, 5.41) is 15.5. The van der Waals surface area contributed by atoms with Gasteiger partial charge in [0.05, 0.1) is 12.6 Å². The Balaban J connectivity index is 1.39. The number of carbonyl (C=O) groups excluding carboxylic acids is 2. The number of benzene rings is 1. The van der Waals surface area contributed by atoms with Gasteiger partial charge in [-0.15, -0.1) is 0 Å². The van der Waals surface area contributed by atoms with Crippen molar-refractivity contribution in [1.82, 2.24) is 15.5 Å². The zero-order chi connectivity index (χ0) is 19.8. The van der Waals surface area contributed by atoms with E-state index >= 15 is 0 Å². The van der Waals surface area contributed by atoms with Crippen LogP contribution in [0.5, 0.6) is 0 Å². The van der Waals surface area contributed by atoms with Crippen molar-refractivity contribution in [3.8, 4) is 6.07 Å². The van der Waals surface area contributed by atoms with E-state index in [0.717, 1.165) is 63.6 Å². The Morgan fingerprint density at radius 3 is 2.43 bits per heavy atom. The number of hydrogen-bond acceptors (Lipinski definition) is 4. The number of piperidine rings is 1. The van der Waals surface area contributed by atoms with Crippen LogP contribution in [0.3, 0.4) is 0 Å². The monoisotopic (exact) mass is 382 g/mol. The number of hydrogen-bond donors (Lipinski definition) is 2. The van der Waals surface area contributed by atoms with Crippen LogP contribution in [0.4, 0.5) is 0 Å². The van der Waals surface area contributed by atoms with Gasteiger partial charge in [0.25, 0.3) is 0 Å². The van der Waals surface area contributed by atoms with Crippen LogP contribution >= 0.6 is 0 Å². The van der Waals surface area contributed by atoms with Gasteiger partial charge in [0, 0.05) is 12.5 Å². The van der Waals surface area contributed by atoms with E-state index in [1.54, 1.807) is 0 Å². The summed E-state index contributed by atoms with van der Waals surface area (Å²) in [5.41, 5.74) is 0.421. The fourth-order valence-electron chi connectivity index (χ4n) is 4.21. The van der Waals surface area contributed by atoms with Crippen molar-refractivity contribution in [3.05, 3.63) is 35.9 Å². The van der Waals surface area contributed by atoms with Crippen molar-refractivity contribution in [3.63, 3.8) is 0 Å². The molecule has 0 unspecified atom stereocenters. The lowest BCUT2D eigenvalue weighted by atomic mass is 9.83. The second kappa shape index (κ2) is 9.70. The van der Waals surface area contributed by atoms with Crippen LogP contribution in [0.1, 0.15) is 50.5 Å². The van der Waals surface area contributed by atoms with E-state index in [2.05, 4.69) is 21.6 Å². The molecule has 150 valence electrons. The molecule has 0 atom stereocenters. The van der Waals surface area contributed by atoms with Gasteiger partial charge < -0.3 is 10.6 Å². The molecule has 0 aromatic heterocycles. The summed E-state index contributed by atoms with van der Waals surface area (Å²) in [5.74, 6) is 0.0286. The van der Waals surface area contributed by atoms with Crippen molar-refractivity contribution in [2.24, 2.45) is 5.92 Å². The van der Waals surface area contributed by atoms with Gasteiger partial charge in [0.15, 0.2) is 0 Å². The van der Waals surface area contributed by atoms with Crippen LogP contribution in [-0.2, 0) is 16.1 Å². The molecule has 1 aromatic rings. The Hall–Kier alpha value is -2.39. The summed E-state index contributed by atoms with van der Waals surface area (Å²) < 4.78 is 0. The summed E-state index contributed by atoms with van der Waals surface area (Å²) in [6.45, 7) is 2.33. The number of rotatable bonds is 6. The molecule has 6 nitrogen and oxygen atoms in total. The van der Waals surface area contributed by atoms with Crippen LogP contribution in [0.25, 0.3) is 0 Å². The molecule has 0 bridgehead atoms. The molecule has 3 rings (SSSR count). The zero-order valence-corrected chi connectivity index (χ0v) is 16.5. The molecule has 28 heavy (non-hydrogen) atoms. The third kappa shape index (κ3) is 5.56. The summed E-state index contributed by atoms with van der Waals surface area (Å²) in [6.07, 6.45) is 6.15. The smallest absolute Gasteiger partial charge is 0.235 e. The lowest BCUT2D eigenvalue weighted by molar-refractivity contribution is -0.127.